The van der Waals surface area contributed by atoms with Gasteiger partial charge in [-0.15, -0.1) is 0 Å². The van der Waals surface area contributed by atoms with E-state index in [1.54, 1.807) is 12.1 Å². The molecule has 2 nitrogen and oxygen atoms in total. The first-order chi connectivity index (χ1) is 8.61. The van der Waals surface area contributed by atoms with Crippen LogP contribution in [-0.4, -0.2) is 17.3 Å². The molecule has 1 aromatic rings. The summed E-state index contributed by atoms with van der Waals surface area (Å²) in [6.07, 6.45) is 4.98. The minimum Gasteiger partial charge on any atom is -0.389 e. The van der Waals surface area contributed by atoms with E-state index in [0.29, 0.717) is 23.7 Å². The Morgan fingerprint density at radius 1 is 1.28 bits per heavy atom. The Hall–Kier alpha value is -0.640. The molecule has 0 bridgehead atoms. The van der Waals surface area contributed by atoms with Gasteiger partial charge in [-0.1, -0.05) is 36.9 Å². The molecule has 4 heteroatoms. The first-order valence-electron chi connectivity index (χ1n) is 6.47. The third kappa shape index (κ3) is 3.44. The maximum absolute atomic E-state index is 13.5. The van der Waals surface area contributed by atoms with Crippen LogP contribution in [0.25, 0.3) is 0 Å². The quantitative estimate of drug-likeness (QED) is 0.881. The summed E-state index contributed by atoms with van der Waals surface area (Å²) in [6, 6.07) is 4.67. The van der Waals surface area contributed by atoms with Gasteiger partial charge in [-0.3, -0.25) is 0 Å². The third-order valence-corrected chi connectivity index (χ3v) is 3.96. The highest BCUT2D eigenvalue weighted by molar-refractivity contribution is 6.31. The third-order valence-electron chi connectivity index (χ3n) is 3.60. The van der Waals surface area contributed by atoms with Crippen LogP contribution in [0.15, 0.2) is 18.2 Å². The average molecular weight is 272 g/mol. The fourth-order valence-electron chi connectivity index (χ4n) is 2.51. The summed E-state index contributed by atoms with van der Waals surface area (Å²) in [5.41, 5.74) is -0.158. The fourth-order valence-corrected chi connectivity index (χ4v) is 2.74. The van der Waals surface area contributed by atoms with Crippen molar-refractivity contribution in [3.8, 4) is 0 Å². The average Bonchev–Trinajstić information content (AvgIpc) is 2.34. The largest absolute Gasteiger partial charge is 0.389 e. The molecule has 0 heterocycles. The van der Waals surface area contributed by atoms with Crippen LogP contribution in [0.1, 0.15) is 37.7 Å². The van der Waals surface area contributed by atoms with E-state index in [1.807, 2.05) is 0 Å². The van der Waals surface area contributed by atoms with E-state index < -0.39 is 5.60 Å². The van der Waals surface area contributed by atoms with Gasteiger partial charge >= 0.3 is 0 Å². The Kier molecular flexibility index (Phi) is 4.60. The Morgan fingerprint density at radius 2 is 2.00 bits per heavy atom. The Morgan fingerprint density at radius 3 is 2.67 bits per heavy atom. The summed E-state index contributed by atoms with van der Waals surface area (Å²) < 4.78 is 13.5. The summed E-state index contributed by atoms with van der Waals surface area (Å²) in [5, 5.41) is 13.8. The van der Waals surface area contributed by atoms with Gasteiger partial charge in [0.25, 0.3) is 0 Å². The van der Waals surface area contributed by atoms with Crippen molar-refractivity contribution in [1.82, 2.24) is 5.32 Å². The molecular formula is C14H19ClFNO. The normalized spacial score (nSPS) is 18.8. The van der Waals surface area contributed by atoms with Crippen molar-refractivity contribution >= 4 is 11.6 Å². The minimum absolute atomic E-state index is 0.300. The van der Waals surface area contributed by atoms with Gasteiger partial charge in [0.05, 0.1) is 5.60 Å². The lowest BCUT2D eigenvalue weighted by Crippen LogP contribution is -2.42. The summed E-state index contributed by atoms with van der Waals surface area (Å²) in [4.78, 5) is 0. The molecule has 0 spiro atoms. The van der Waals surface area contributed by atoms with Gasteiger partial charge in [0, 0.05) is 23.7 Å². The van der Waals surface area contributed by atoms with Gasteiger partial charge in [0.1, 0.15) is 5.82 Å². The maximum Gasteiger partial charge on any atom is 0.129 e. The molecule has 0 aliphatic heterocycles. The predicted molar refractivity (Wildman–Crippen MR) is 71.2 cm³/mol. The zero-order valence-corrected chi connectivity index (χ0v) is 11.1. The van der Waals surface area contributed by atoms with Crippen molar-refractivity contribution < 1.29 is 9.50 Å². The number of benzene rings is 1. The molecule has 18 heavy (non-hydrogen) atoms. The molecule has 1 fully saturated rings. The van der Waals surface area contributed by atoms with Crippen LogP contribution in [0.2, 0.25) is 5.02 Å². The first kappa shape index (κ1) is 13.8. The molecule has 0 amide bonds. The highest BCUT2D eigenvalue weighted by atomic mass is 35.5. The van der Waals surface area contributed by atoms with Gasteiger partial charge in [-0.25, -0.2) is 4.39 Å². The van der Waals surface area contributed by atoms with E-state index in [0.717, 1.165) is 25.7 Å². The summed E-state index contributed by atoms with van der Waals surface area (Å²) in [7, 11) is 0. The van der Waals surface area contributed by atoms with Crippen molar-refractivity contribution in [2.24, 2.45) is 0 Å². The minimum atomic E-state index is -0.629. The molecule has 0 aromatic heterocycles. The van der Waals surface area contributed by atoms with E-state index in [4.69, 9.17) is 11.6 Å². The summed E-state index contributed by atoms with van der Waals surface area (Å²) >= 11 is 5.94. The van der Waals surface area contributed by atoms with Gasteiger partial charge in [0.2, 0.25) is 0 Å². The van der Waals surface area contributed by atoms with Gasteiger partial charge < -0.3 is 10.4 Å². The molecule has 2 rings (SSSR count). The number of nitrogens with one attached hydrogen (secondary N) is 1. The van der Waals surface area contributed by atoms with Crippen LogP contribution in [-0.2, 0) is 6.54 Å². The SMILES string of the molecule is OC1(CNCc2c(F)cccc2Cl)CCCCC1. The molecule has 0 atom stereocenters. The van der Waals surface area contributed by atoms with Crippen LogP contribution in [0.5, 0.6) is 0 Å². The standard InChI is InChI=1S/C14H19ClFNO/c15-12-5-4-6-13(16)11(12)9-17-10-14(18)7-2-1-3-8-14/h4-6,17-18H,1-3,7-10H2. The highest BCUT2D eigenvalue weighted by Crippen LogP contribution is 2.27. The first-order valence-corrected chi connectivity index (χ1v) is 6.84. The monoisotopic (exact) mass is 271 g/mol. The Bertz CT molecular complexity index is 385. The second kappa shape index (κ2) is 6.00. The second-order valence-electron chi connectivity index (χ2n) is 5.09. The molecule has 1 aliphatic rings. The van der Waals surface area contributed by atoms with Gasteiger partial charge in [-0.05, 0) is 25.0 Å². The van der Waals surface area contributed by atoms with Crippen molar-refractivity contribution in [2.45, 2.75) is 44.2 Å². The lowest BCUT2D eigenvalue weighted by atomic mass is 9.85. The fraction of sp³-hybridized carbons (Fsp3) is 0.571. The van der Waals surface area contributed by atoms with Crippen LogP contribution >= 0.6 is 11.6 Å². The number of rotatable bonds is 4. The van der Waals surface area contributed by atoms with Crippen LogP contribution in [0, 0.1) is 5.82 Å². The smallest absolute Gasteiger partial charge is 0.129 e. The van der Waals surface area contributed by atoms with Gasteiger partial charge in [-0.2, -0.15) is 0 Å². The van der Waals surface area contributed by atoms with Crippen LogP contribution in [0.4, 0.5) is 4.39 Å². The topological polar surface area (TPSA) is 32.3 Å². The van der Waals surface area contributed by atoms with Crippen molar-refractivity contribution in [3.63, 3.8) is 0 Å². The van der Waals surface area contributed by atoms with E-state index in [-0.39, 0.29) is 5.82 Å². The maximum atomic E-state index is 13.5. The van der Waals surface area contributed by atoms with Crippen LogP contribution < -0.4 is 5.32 Å². The zero-order valence-electron chi connectivity index (χ0n) is 10.4. The molecule has 0 unspecified atom stereocenters. The number of hydrogen-bond donors (Lipinski definition) is 2. The predicted octanol–water partition coefficient (Wildman–Crippen LogP) is 3.26. The molecule has 0 saturated heterocycles. The van der Waals surface area contributed by atoms with Gasteiger partial charge in [0.15, 0.2) is 0 Å². The lowest BCUT2D eigenvalue weighted by Gasteiger charge is -2.32. The Balaban J connectivity index is 1.88. The molecule has 2 N–H and O–H groups in total. The highest BCUT2D eigenvalue weighted by Gasteiger charge is 2.28. The van der Waals surface area contributed by atoms with E-state index in [2.05, 4.69) is 5.32 Å². The van der Waals surface area contributed by atoms with Crippen molar-refractivity contribution in [1.29, 1.82) is 0 Å². The van der Waals surface area contributed by atoms with Crippen molar-refractivity contribution in [2.75, 3.05) is 6.54 Å². The number of aliphatic hydroxyl groups is 1. The molecule has 100 valence electrons. The molecule has 1 aliphatic carbocycles. The summed E-state index contributed by atoms with van der Waals surface area (Å²) in [6.45, 7) is 0.853. The molecule has 0 radical (unpaired) electrons. The molecule has 1 aromatic carbocycles. The van der Waals surface area contributed by atoms with E-state index in [1.165, 1.54) is 12.5 Å². The second-order valence-corrected chi connectivity index (χ2v) is 5.50. The molecule has 1 saturated carbocycles. The molecular weight excluding hydrogens is 253 g/mol. The lowest BCUT2D eigenvalue weighted by molar-refractivity contribution is 0.00462. The number of hydrogen-bond acceptors (Lipinski definition) is 2. The number of halogens is 2. The van der Waals surface area contributed by atoms with E-state index in [9.17, 15) is 9.50 Å². The summed E-state index contributed by atoms with van der Waals surface area (Å²) in [5.74, 6) is -0.300. The van der Waals surface area contributed by atoms with Crippen LogP contribution in [0.3, 0.4) is 0 Å². The van der Waals surface area contributed by atoms with Crippen molar-refractivity contribution in [3.05, 3.63) is 34.6 Å². The Labute approximate surface area is 112 Å². The van der Waals surface area contributed by atoms with E-state index >= 15 is 0 Å². The zero-order chi connectivity index (χ0) is 13.0.